The number of carboxylic acids is 1. The summed E-state index contributed by atoms with van der Waals surface area (Å²) in [6.07, 6.45) is -0.670. The highest BCUT2D eigenvalue weighted by atomic mass is 32.1. The zero-order valence-corrected chi connectivity index (χ0v) is 20.4. The van der Waals surface area contributed by atoms with Crippen LogP contribution in [0.2, 0.25) is 0 Å². The maximum absolute atomic E-state index is 12.9. The number of hydrogen-bond acceptors (Lipinski definition) is 8. The summed E-state index contributed by atoms with van der Waals surface area (Å²) >= 11 is 4.04. The lowest BCUT2D eigenvalue weighted by molar-refractivity contribution is -0.142. The van der Waals surface area contributed by atoms with Crippen molar-refractivity contribution < 1.29 is 33.9 Å². The highest BCUT2D eigenvalue weighted by molar-refractivity contribution is 7.80. The van der Waals surface area contributed by atoms with Gasteiger partial charge in [0.25, 0.3) is 0 Å². The number of aliphatic carboxylic acids is 1. The van der Waals surface area contributed by atoms with Crippen LogP contribution in [0.25, 0.3) is 0 Å². The number of amides is 5. The first kappa shape index (κ1) is 30.4. The van der Waals surface area contributed by atoms with Crippen LogP contribution in [0, 0.1) is 0 Å². The predicted molar refractivity (Wildman–Crippen MR) is 132 cm³/mol. The quantitative estimate of drug-likeness (QED) is 0.108. The van der Waals surface area contributed by atoms with Gasteiger partial charge in [-0.05, 0) is 18.4 Å². The molecular formula is C22H32N6O7S. The molecule has 5 amide bonds. The van der Waals surface area contributed by atoms with Gasteiger partial charge in [0.15, 0.2) is 0 Å². The van der Waals surface area contributed by atoms with E-state index in [0.29, 0.717) is 5.56 Å². The molecule has 0 fully saturated rings. The first-order chi connectivity index (χ1) is 16.9. The predicted octanol–water partition coefficient (Wildman–Crippen LogP) is -2.44. The van der Waals surface area contributed by atoms with Crippen molar-refractivity contribution in [1.29, 1.82) is 0 Å². The number of hydrogen-bond donors (Lipinski definition) is 8. The molecule has 0 aromatic heterocycles. The standard InChI is InChI=1S/C22H32N6O7S/c23-13(6-8-17(24)29)19(31)28-16(11-36)21(33)26-14(7-9-18(25)30)20(32)27-15(22(34)35)10-12-4-2-1-3-5-12/h1-5,13-16,36H,6-11,23H2,(H2,24,29)(H2,25,30)(H,26,33)(H,27,32)(H,28,31)(H,34,35). The van der Waals surface area contributed by atoms with Crippen LogP contribution < -0.4 is 33.2 Å². The molecule has 14 heteroatoms. The minimum atomic E-state index is -1.33. The van der Waals surface area contributed by atoms with Crippen LogP contribution >= 0.6 is 12.6 Å². The number of nitrogens with one attached hydrogen (secondary N) is 3. The molecule has 0 heterocycles. The summed E-state index contributed by atoms with van der Waals surface area (Å²) in [7, 11) is 0. The van der Waals surface area contributed by atoms with E-state index in [-0.39, 0.29) is 37.9 Å². The molecule has 13 nitrogen and oxygen atoms in total. The molecule has 4 atom stereocenters. The van der Waals surface area contributed by atoms with Crippen LogP contribution in [0.1, 0.15) is 31.2 Å². The second kappa shape index (κ2) is 15.4. The van der Waals surface area contributed by atoms with Crippen molar-refractivity contribution in [2.45, 2.75) is 56.3 Å². The van der Waals surface area contributed by atoms with Crippen molar-refractivity contribution in [3.05, 3.63) is 35.9 Å². The summed E-state index contributed by atoms with van der Waals surface area (Å²) in [6.45, 7) is 0. The number of carbonyl (C=O) groups is 6. The van der Waals surface area contributed by atoms with Crippen LogP contribution in [0.3, 0.4) is 0 Å². The van der Waals surface area contributed by atoms with Crippen LogP contribution in [0.5, 0.6) is 0 Å². The number of thiol groups is 1. The smallest absolute Gasteiger partial charge is 0.326 e. The van der Waals surface area contributed by atoms with Gasteiger partial charge < -0.3 is 38.3 Å². The summed E-state index contributed by atoms with van der Waals surface area (Å²) in [5.74, 6) is -5.25. The topological polar surface area (TPSA) is 237 Å². The van der Waals surface area contributed by atoms with Gasteiger partial charge in [0, 0.05) is 25.0 Å². The van der Waals surface area contributed by atoms with E-state index in [0.717, 1.165) is 0 Å². The van der Waals surface area contributed by atoms with Crippen molar-refractivity contribution in [1.82, 2.24) is 16.0 Å². The van der Waals surface area contributed by atoms with Crippen molar-refractivity contribution in [2.75, 3.05) is 5.75 Å². The minimum Gasteiger partial charge on any atom is -0.480 e. The largest absolute Gasteiger partial charge is 0.480 e. The lowest BCUT2D eigenvalue weighted by atomic mass is 10.0. The highest BCUT2D eigenvalue weighted by Gasteiger charge is 2.30. The Kier molecular flexibility index (Phi) is 13.0. The fraction of sp³-hybridized carbons (Fsp3) is 0.455. The monoisotopic (exact) mass is 524 g/mol. The van der Waals surface area contributed by atoms with Crippen LogP contribution in [-0.4, -0.2) is 70.5 Å². The third-order valence-electron chi connectivity index (χ3n) is 5.06. The second-order valence-corrected chi connectivity index (χ2v) is 8.38. The van der Waals surface area contributed by atoms with E-state index < -0.39 is 59.7 Å². The number of carboxylic acid groups (broad SMARTS) is 1. The summed E-state index contributed by atoms with van der Waals surface area (Å²) < 4.78 is 0. The normalized spacial score (nSPS) is 13.9. The maximum Gasteiger partial charge on any atom is 0.326 e. The molecule has 0 aliphatic heterocycles. The molecule has 1 rings (SSSR count). The average molecular weight is 525 g/mol. The van der Waals surface area contributed by atoms with E-state index in [4.69, 9.17) is 17.2 Å². The molecule has 0 bridgehead atoms. The molecule has 36 heavy (non-hydrogen) atoms. The van der Waals surface area contributed by atoms with Crippen LogP contribution in [-0.2, 0) is 35.2 Å². The van der Waals surface area contributed by atoms with E-state index in [9.17, 15) is 33.9 Å². The van der Waals surface area contributed by atoms with Crippen LogP contribution in [0.4, 0.5) is 0 Å². The van der Waals surface area contributed by atoms with E-state index in [1.807, 2.05) is 0 Å². The Labute approximate surface area is 213 Å². The average Bonchev–Trinajstić information content (AvgIpc) is 2.82. The lowest BCUT2D eigenvalue weighted by Crippen LogP contribution is -2.58. The summed E-state index contributed by atoms with van der Waals surface area (Å²) in [4.78, 5) is 71.8. The Morgan fingerprint density at radius 1 is 0.778 bits per heavy atom. The summed E-state index contributed by atoms with van der Waals surface area (Å²) in [5, 5.41) is 16.7. The van der Waals surface area contributed by atoms with Crippen molar-refractivity contribution in [3.63, 3.8) is 0 Å². The van der Waals surface area contributed by atoms with Gasteiger partial charge in [0.1, 0.15) is 18.1 Å². The first-order valence-electron chi connectivity index (χ1n) is 11.1. The van der Waals surface area contributed by atoms with Crippen molar-refractivity contribution >= 4 is 48.1 Å². The minimum absolute atomic E-state index is 0.0170. The van der Waals surface area contributed by atoms with Gasteiger partial charge in [-0.15, -0.1) is 0 Å². The highest BCUT2D eigenvalue weighted by Crippen LogP contribution is 2.06. The van der Waals surface area contributed by atoms with E-state index >= 15 is 0 Å². The lowest BCUT2D eigenvalue weighted by Gasteiger charge is -2.24. The van der Waals surface area contributed by atoms with E-state index in [2.05, 4.69) is 28.6 Å². The van der Waals surface area contributed by atoms with Crippen LogP contribution in [0.15, 0.2) is 30.3 Å². The number of carbonyl (C=O) groups excluding carboxylic acids is 5. The van der Waals surface area contributed by atoms with Gasteiger partial charge in [0.05, 0.1) is 6.04 Å². The SMILES string of the molecule is NC(=O)CCC(N)C(=O)NC(CS)C(=O)NC(CCC(N)=O)C(=O)NC(Cc1ccccc1)C(=O)O. The molecule has 0 radical (unpaired) electrons. The maximum atomic E-state index is 12.9. The Balaban J connectivity index is 2.91. The van der Waals surface area contributed by atoms with Gasteiger partial charge in [0.2, 0.25) is 29.5 Å². The molecule has 10 N–H and O–H groups in total. The van der Waals surface area contributed by atoms with Gasteiger partial charge in [-0.25, -0.2) is 4.79 Å². The molecule has 198 valence electrons. The molecule has 1 aromatic rings. The zero-order chi connectivity index (χ0) is 27.3. The van der Waals surface area contributed by atoms with Gasteiger partial charge in [-0.1, -0.05) is 30.3 Å². The number of benzene rings is 1. The fourth-order valence-corrected chi connectivity index (χ4v) is 3.31. The number of rotatable bonds is 16. The first-order valence-corrected chi connectivity index (χ1v) is 11.7. The Bertz CT molecular complexity index is 946. The summed E-state index contributed by atoms with van der Waals surface area (Å²) in [6, 6.07) is 3.62. The van der Waals surface area contributed by atoms with E-state index in [1.54, 1.807) is 30.3 Å². The molecule has 1 aromatic carbocycles. The number of primary amides is 2. The molecular weight excluding hydrogens is 492 g/mol. The van der Waals surface area contributed by atoms with Gasteiger partial charge in [-0.3, -0.25) is 24.0 Å². The number of nitrogens with two attached hydrogens (primary N) is 3. The Hall–Kier alpha value is -3.65. The molecule has 0 saturated heterocycles. The molecule has 0 saturated carbocycles. The van der Waals surface area contributed by atoms with Gasteiger partial charge in [-0.2, -0.15) is 12.6 Å². The zero-order valence-electron chi connectivity index (χ0n) is 19.5. The molecule has 0 spiro atoms. The molecule has 4 unspecified atom stereocenters. The molecule has 0 aliphatic rings. The van der Waals surface area contributed by atoms with Crippen molar-refractivity contribution in [2.24, 2.45) is 17.2 Å². The molecule has 0 aliphatic carbocycles. The van der Waals surface area contributed by atoms with Gasteiger partial charge >= 0.3 is 5.97 Å². The second-order valence-electron chi connectivity index (χ2n) is 8.01. The Morgan fingerprint density at radius 2 is 1.28 bits per heavy atom. The Morgan fingerprint density at radius 3 is 1.81 bits per heavy atom. The summed E-state index contributed by atoms with van der Waals surface area (Å²) in [5.41, 5.74) is 16.6. The van der Waals surface area contributed by atoms with E-state index in [1.165, 1.54) is 0 Å². The third-order valence-corrected chi connectivity index (χ3v) is 5.43. The fourth-order valence-electron chi connectivity index (χ4n) is 3.05. The third kappa shape index (κ3) is 11.2. The van der Waals surface area contributed by atoms with Crippen molar-refractivity contribution in [3.8, 4) is 0 Å².